The summed E-state index contributed by atoms with van der Waals surface area (Å²) in [5.74, 6) is -0.304. The highest BCUT2D eigenvalue weighted by Gasteiger charge is 2.22. The third kappa shape index (κ3) is 2.80. The van der Waals surface area contributed by atoms with Gasteiger partial charge in [-0.25, -0.2) is 4.39 Å². The van der Waals surface area contributed by atoms with E-state index in [0.29, 0.717) is 5.56 Å². The average Bonchev–Trinajstić information content (AvgIpc) is 2.99. The van der Waals surface area contributed by atoms with E-state index >= 15 is 0 Å². The number of rotatable bonds is 4. The van der Waals surface area contributed by atoms with E-state index in [9.17, 15) is 9.18 Å². The number of hydrogen-bond donors (Lipinski definition) is 0. The molecule has 0 aliphatic rings. The number of nitrogens with zero attached hydrogens (tertiary/aromatic N) is 2. The number of carbonyl (C=O) groups is 1. The molecule has 124 valence electrons. The summed E-state index contributed by atoms with van der Waals surface area (Å²) in [4.78, 5) is 14.7. The van der Waals surface area contributed by atoms with Gasteiger partial charge in [-0.15, -0.1) is 0 Å². The molecule has 0 spiro atoms. The normalized spacial score (nSPS) is 12.3. The number of hydrogen-bond acceptors (Lipinski definition) is 1. The van der Waals surface area contributed by atoms with E-state index in [0.717, 1.165) is 23.0 Å². The zero-order valence-corrected chi connectivity index (χ0v) is 14.2. The molecule has 4 heteroatoms. The van der Waals surface area contributed by atoms with E-state index in [1.807, 2.05) is 37.4 Å². The SMILES string of the molecule is CCn1cc(C(=O)N(C)C(C)c2ccc(F)cc2)c2ccccc21. The number of benzene rings is 2. The van der Waals surface area contributed by atoms with Crippen molar-refractivity contribution in [3.05, 3.63) is 71.7 Å². The van der Waals surface area contributed by atoms with Crippen LogP contribution in [0.4, 0.5) is 4.39 Å². The fraction of sp³-hybridized carbons (Fsp3) is 0.250. The first-order chi connectivity index (χ1) is 11.5. The molecule has 1 aromatic heterocycles. The summed E-state index contributed by atoms with van der Waals surface area (Å²) >= 11 is 0. The Morgan fingerprint density at radius 1 is 1.17 bits per heavy atom. The predicted molar refractivity (Wildman–Crippen MR) is 94.5 cm³/mol. The van der Waals surface area contributed by atoms with Gasteiger partial charge in [0.2, 0.25) is 0 Å². The second kappa shape index (κ2) is 6.48. The number of fused-ring (bicyclic) bond motifs is 1. The lowest BCUT2D eigenvalue weighted by Gasteiger charge is -2.25. The van der Waals surface area contributed by atoms with E-state index in [2.05, 4.69) is 11.5 Å². The third-order valence-corrected chi connectivity index (χ3v) is 4.61. The van der Waals surface area contributed by atoms with Gasteiger partial charge in [0.25, 0.3) is 5.91 Å². The van der Waals surface area contributed by atoms with E-state index in [1.165, 1.54) is 12.1 Å². The molecule has 0 fully saturated rings. The summed E-state index contributed by atoms with van der Waals surface area (Å²) in [7, 11) is 1.79. The highest BCUT2D eigenvalue weighted by atomic mass is 19.1. The highest BCUT2D eigenvalue weighted by molar-refractivity contribution is 6.07. The van der Waals surface area contributed by atoms with E-state index < -0.39 is 0 Å². The van der Waals surface area contributed by atoms with Crippen molar-refractivity contribution < 1.29 is 9.18 Å². The number of halogens is 1. The van der Waals surface area contributed by atoms with Crippen LogP contribution in [0.15, 0.2) is 54.7 Å². The predicted octanol–water partition coefficient (Wildman–Crippen LogP) is 4.63. The molecule has 0 N–H and O–H groups in total. The van der Waals surface area contributed by atoms with Crippen LogP contribution < -0.4 is 0 Å². The van der Waals surface area contributed by atoms with Crippen molar-refractivity contribution in [1.82, 2.24) is 9.47 Å². The summed E-state index contributed by atoms with van der Waals surface area (Å²) in [6, 6.07) is 14.1. The molecule has 1 unspecified atom stereocenters. The Balaban J connectivity index is 1.95. The smallest absolute Gasteiger partial charge is 0.256 e. The van der Waals surface area contributed by atoms with Gasteiger partial charge in [-0.3, -0.25) is 4.79 Å². The minimum atomic E-state index is -0.272. The van der Waals surface area contributed by atoms with Gasteiger partial charge in [0, 0.05) is 30.7 Å². The summed E-state index contributed by atoms with van der Waals surface area (Å²) < 4.78 is 15.2. The molecule has 0 aliphatic carbocycles. The van der Waals surface area contributed by atoms with Crippen LogP contribution in [0.5, 0.6) is 0 Å². The Bertz CT molecular complexity index is 867. The molecule has 0 bridgehead atoms. The maximum Gasteiger partial charge on any atom is 0.256 e. The van der Waals surface area contributed by atoms with E-state index in [4.69, 9.17) is 0 Å². The molecule has 3 nitrogen and oxygen atoms in total. The second-order valence-corrected chi connectivity index (χ2v) is 5.99. The van der Waals surface area contributed by atoms with Gasteiger partial charge >= 0.3 is 0 Å². The van der Waals surface area contributed by atoms with Gasteiger partial charge in [0.15, 0.2) is 0 Å². The standard InChI is InChI=1S/C20H21FN2O/c1-4-23-13-18(17-7-5-6-8-19(17)23)20(24)22(3)14(2)15-9-11-16(21)12-10-15/h5-14H,4H2,1-3H3. The average molecular weight is 324 g/mol. The van der Waals surface area contributed by atoms with Crippen molar-refractivity contribution in [3.63, 3.8) is 0 Å². The highest BCUT2D eigenvalue weighted by Crippen LogP contribution is 2.26. The Kier molecular flexibility index (Phi) is 4.38. The van der Waals surface area contributed by atoms with Crippen molar-refractivity contribution in [3.8, 4) is 0 Å². The van der Waals surface area contributed by atoms with Crippen LogP contribution in [0.2, 0.25) is 0 Å². The summed E-state index contributed by atoms with van der Waals surface area (Å²) in [6.07, 6.45) is 1.92. The van der Waals surface area contributed by atoms with Crippen LogP contribution in [0.1, 0.15) is 35.8 Å². The van der Waals surface area contributed by atoms with Crippen molar-refractivity contribution >= 4 is 16.8 Å². The Morgan fingerprint density at radius 3 is 2.50 bits per heavy atom. The largest absolute Gasteiger partial charge is 0.347 e. The van der Waals surface area contributed by atoms with Gasteiger partial charge in [-0.2, -0.15) is 0 Å². The van der Waals surface area contributed by atoms with Crippen molar-refractivity contribution in [2.24, 2.45) is 0 Å². The molecular weight excluding hydrogens is 303 g/mol. The number of para-hydroxylation sites is 1. The van der Waals surface area contributed by atoms with Crippen molar-refractivity contribution in [1.29, 1.82) is 0 Å². The summed E-state index contributed by atoms with van der Waals surface area (Å²) in [5, 5.41) is 0.961. The molecule has 1 atom stereocenters. The molecule has 0 saturated heterocycles. The van der Waals surface area contributed by atoms with E-state index in [-0.39, 0.29) is 17.8 Å². The quantitative estimate of drug-likeness (QED) is 0.686. The molecule has 1 heterocycles. The van der Waals surface area contributed by atoms with Crippen LogP contribution in [-0.4, -0.2) is 22.4 Å². The molecular formula is C20H21FN2O. The molecule has 0 saturated carbocycles. The molecule has 3 rings (SSSR count). The number of amides is 1. The second-order valence-electron chi connectivity index (χ2n) is 5.99. The topological polar surface area (TPSA) is 25.2 Å². The first kappa shape index (κ1) is 16.2. The van der Waals surface area contributed by atoms with Crippen LogP contribution in [-0.2, 0) is 6.54 Å². The number of carbonyl (C=O) groups excluding carboxylic acids is 1. The zero-order chi connectivity index (χ0) is 17.3. The van der Waals surface area contributed by atoms with Crippen molar-refractivity contribution in [2.75, 3.05) is 7.05 Å². The van der Waals surface area contributed by atoms with Gasteiger partial charge in [0.05, 0.1) is 11.6 Å². The Labute approximate surface area is 141 Å². The molecule has 24 heavy (non-hydrogen) atoms. The molecule has 3 aromatic rings. The maximum absolute atomic E-state index is 13.1. The fourth-order valence-electron chi connectivity index (χ4n) is 3.01. The number of aromatic nitrogens is 1. The summed E-state index contributed by atoms with van der Waals surface area (Å²) in [5.41, 5.74) is 2.67. The lowest BCUT2D eigenvalue weighted by Crippen LogP contribution is -2.29. The Morgan fingerprint density at radius 2 is 1.83 bits per heavy atom. The first-order valence-electron chi connectivity index (χ1n) is 8.13. The Hall–Kier alpha value is -2.62. The molecule has 0 radical (unpaired) electrons. The zero-order valence-electron chi connectivity index (χ0n) is 14.2. The summed E-state index contributed by atoms with van der Waals surface area (Å²) in [6.45, 7) is 4.82. The molecule has 2 aromatic carbocycles. The lowest BCUT2D eigenvalue weighted by atomic mass is 10.1. The fourth-order valence-corrected chi connectivity index (χ4v) is 3.01. The van der Waals surface area contributed by atoms with Gasteiger partial charge in [-0.05, 0) is 37.6 Å². The molecule has 0 aliphatic heterocycles. The lowest BCUT2D eigenvalue weighted by molar-refractivity contribution is 0.0744. The monoisotopic (exact) mass is 324 g/mol. The van der Waals surface area contributed by atoms with Crippen LogP contribution in [0.25, 0.3) is 10.9 Å². The van der Waals surface area contributed by atoms with Gasteiger partial charge in [0.1, 0.15) is 5.82 Å². The first-order valence-corrected chi connectivity index (χ1v) is 8.13. The number of aryl methyl sites for hydroxylation is 1. The van der Waals surface area contributed by atoms with Crippen LogP contribution in [0.3, 0.4) is 0 Å². The third-order valence-electron chi connectivity index (χ3n) is 4.61. The van der Waals surface area contributed by atoms with Crippen molar-refractivity contribution in [2.45, 2.75) is 26.4 Å². The van der Waals surface area contributed by atoms with Gasteiger partial charge in [-0.1, -0.05) is 30.3 Å². The maximum atomic E-state index is 13.1. The van der Waals surface area contributed by atoms with Crippen LogP contribution in [0, 0.1) is 5.82 Å². The minimum Gasteiger partial charge on any atom is -0.347 e. The molecule has 1 amide bonds. The van der Waals surface area contributed by atoms with E-state index in [1.54, 1.807) is 24.1 Å². The van der Waals surface area contributed by atoms with Crippen LogP contribution >= 0.6 is 0 Å². The minimum absolute atomic E-state index is 0.0322. The van der Waals surface area contributed by atoms with Gasteiger partial charge < -0.3 is 9.47 Å².